The molecule has 0 aliphatic heterocycles. The molecule has 1 heterocycles. The summed E-state index contributed by atoms with van der Waals surface area (Å²) in [4.78, 5) is 3.89. The van der Waals surface area contributed by atoms with Crippen LogP contribution in [0.15, 0.2) is 4.73 Å². The van der Waals surface area contributed by atoms with E-state index in [4.69, 9.17) is 5.11 Å². The molecule has 0 saturated heterocycles. The molecule has 0 aliphatic rings. The van der Waals surface area contributed by atoms with E-state index in [1.165, 1.54) is 0 Å². The molecule has 0 amide bonds. The largest absolute Gasteiger partial charge is 0.396 e. The standard InChI is InChI=1S/C4H6BrN3O/c5-4-6-3(1-2-9)7-8-4/h9H,1-2H2,(H,6,7,8). The van der Waals surface area contributed by atoms with Crippen LogP contribution in [0.5, 0.6) is 0 Å². The quantitative estimate of drug-likeness (QED) is 0.698. The summed E-state index contributed by atoms with van der Waals surface area (Å²) in [5.74, 6) is 0.698. The van der Waals surface area contributed by atoms with Gasteiger partial charge in [-0.2, -0.15) is 0 Å². The number of H-pyrrole nitrogens is 1. The highest BCUT2D eigenvalue weighted by Gasteiger charge is 1.96. The van der Waals surface area contributed by atoms with Gasteiger partial charge in [0.2, 0.25) is 4.73 Å². The van der Waals surface area contributed by atoms with Crippen LogP contribution in [0.25, 0.3) is 0 Å². The lowest BCUT2D eigenvalue weighted by molar-refractivity contribution is 0.296. The summed E-state index contributed by atoms with van der Waals surface area (Å²) in [6.07, 6.45) is 0.526. The Balaban J connectivity index is 2.61. The molecular weight excluding hydrogens is 186 g/mol. The summed E-state index contributed by atoms with van der Waals surface area (Å²) in [5.41, 5.74) is 0. The fraction of sp³-hybridized carbons (Fsp3) is 0.500. The first-order valence-corrected chi connectivity index (χ1v) is 3.30. The summed E-state index contributed by atoms with van der Waals surface area (Å²) in [5, 5.41) is 14.8. The molecule has 0 aliphatic carbocycles. The molecule has 0 fully saturated rings. The number of hydrogen-bond acceptors (Lipinski definition) is 3. The smallest absolute Gasteiger partial charge is 0.217 e. The first-order chi connectivity index (χ1) is 4.33. The van der Waals surface area contributed by atoms with E-state index in [1.54, 1.807) is 0 Å². The van der Waals surface area contributed by atoms with Gasteiger partial charge in [0.25, 0.3) is 0 Å². The van der Waals surface area contributed by atoms with E-state index in [9.17, 15) is 0 Å². The van der Waals surface area contributed by atoms with E-state index in [1.807, 2.05) is 0 Å². The highest BCUT2D eigenvalue weighted by Crippen LogP contribution is 1.99. The average Bonchev–Trinajstić information content (AvgIpc) is 2.17. The predicted octanol–water partition coefficient (Wildman–Crippen LogP) is 0.102. The maximum atomic E-state index is 8.43. The van der Waals surface area contributed by atoms with Gasteiger partial charge in [-0.1, -0.05) is 0 Å². The van der Waals surface area contributed by atoms with E-state index >= 15 is 0 Å². The number of aliphatic hydroxyl groups excluding tert-OH is 1. The van der Waals surface area contributed by atoms with Crippen LogP contribution < -0.4 is 0 Å². The fourth-order valence-corrected chi connectivity index (χ4v) is 0.792. The summed E-state index contributed by atoms with van der Waals surface area (Å²) >= 11 is 3.07. The van der Waals surface area contributed by atoms with Crippen molar-refractivity contribution in [3.63, 3.8) is 0 Å². The number of hydrogen-bond donors (Lipinski definition) is 2. The minimum Gasteiger partial charge on any atom is -0.396 e. The lowest BCUT2D eigenvalue weighted by atomic mass is 10.4. The van der Waals surface area contributed by atoms with Crippen molar-refractivity contribution < 1.29 is 5.11 Å². The zero-order valence-electron chi connectivity index (χ0n) is 4.63. The van der Waals surface area contributed by atoms with Crippen molar-refractivity contribution >= 4 is 15.9 Å². The molecule has 1 aromatic heterocycles. The van der Waals surface area contributed by atoms with Gasteiger partial charge in [0.05, 0.1) is 6.61 Å². The molecule has 0 aromatic carbocycles. The maximum Gasteiger partial charge on any atom is 0.217 e. The van der Waals surface area contributed by atoms with Gasteiger partial charge >= 0.3 is 0 Å². The average molecular weight is 192 g/mol. The van der Waals surface area contributed by atoms with Gasteiger partial charge in [0, 0.05) is 6.42 Å². The highest BCUT2D eigenvalue weighted by molar-refractivity contribution is 9.10. The first kappa shape index (κ1) is 6.70. The number of nitrogens with zero attached hydrogens (tertiary/aromatic N) is 2. The molecule has 0 bridgehead atoms. The van der Waals surface area contributed by atoms with Gasteiger partial charge in [0.1, 0.15) is 5.82 Å². The maximum absolute atomic E-state index is 8.43. The van der Waals surface area contributed by atoms with Gasteiger partial charge in [0.15, 0.2) is 0 Å². The molecule has 1 aromatic rings. The second-order valence-electron chi connectivity index (χ2n) is 1.52. The van der Waals surface area contributed by atoms with Crippen LogP contribution in [0.2, 0.25) is 0 Å². The lowest BCUT2D eigenvalue weighted by Crippen LogP contribution is -1.92. The molecule has 2 N–H and O–H groups in total. The Labute approximate surface area is 60.4 Å². The number of halogens is 1. The van der Waals surface area contributed by atoms with E-state index < -0.39 is 0 Å². The van der Waals surface area contributed by atoms with Crippen LogP contribution >= 0.6 is 15.9 Å². The molecule has 0 spiro atoms. The molecule has 0 saturated carbocycles. The van der Waals surface area contributed by atoms with Crippen LogP contribution in [0, 0.1) is 0 Å². The van der Waals surface area contributed by atoms with Crippen LogP contribution in [0.4, 0.5) is 0 Å². The lowest BCUT2D eigenvalue weighted by Gasteiger charge is -1.84. The van der Waals surface area contributed by atoms with Gasteiger partial charge < -0.3 is 5.11 Å². The van der Waals surface area contributed by atoms with Gasteiger partial charge in [-0.25, -0.2) is 4.98 Å². The van der Waals surface area contributed by atoms with Crippen LogP contribution in [0.1, 0.15) is 5.82 Å². The SMILES string of the molecule is OCCc1nc(Br)n[nH]1. The van der Waals surface area contributed by atoms with E-state index in [0.29, 0.717) is 17.0 Å². The van der Waals surface area contributed by atoms with E-state index in [-0.39, 0.29) is 6.61 Å². The monoisotopic (exact) mass is 191 g/mol. The second-order valence-corrected chi connectivity index (χ2v) is 2.23. The number of aromatic nitrogens is 3. The van der Waals surface area contributed by atoms with Gasteiger partial charge in [-0.15, -0.1) is 5.10 Å². The summed E-state index contributed by atoms with van der Waals surface area (Å²) in [7, 11) is 0. The van der Waals surface area contributed by atoms with Crippen molar-refractivity contribution in [2.24, 2.45) is 0 Å². The van der Waals surface area contributed by atoms with Gasteiger partial charge in [-0.05, 0) is 15.9 Å². The molecule has 5 heteroatoms. The molecule has 4 nitrogen and oxygen atoms in total. The number of aliphatic hydroxyl groups is 1. The molecular formula is C4H6BrN3O. The third kappa shape index (κ3) is 1.76. The Morgan fingerprint density at radius 2 is 2.44 bits per heavy atom. The third-order valence-electron chi connectivity index (χ3n) is 0.853. The number of aromatic amines is 1. The zero-order chi connectivity index (χ0) is 6.69. The third-order valence-corrected chi connectivity index (χ3v) is 1.21. The second kappa shape index (κ2) is 2.93. The van der Waals surface area contributed by atoms with E-state index in [2.05, 4.69) is 31.1 Å². The van der Waals surface area contributed by atoms with Crippen LogP contribution in [-0.2, 0) is 6.42 Å². The summed E-state index contributed by atoms with van der Waals surface area (Å²) < 4.78 is 0.533. The molecule has 1 rings (SSSR count). The normalized spacial score (nSPS) is 10.0. The summed E-state index contributed by atoms with van der Waals surface area (Å²) in [6, 6.07) is 0. The topological polar surface area (TPSA) is 61.8 Å². The number of rotatable bonds is 2. The van der Waals surface area contributed by atoms with Crippen molar-refractivity contribution in [2.45, 2.75) is 6.42 Å². The molecule has 0 atom stereocenters. The molecule has 50 valence electrons. The fourth-order valence-electron chi connectivity index (χ4n) is 0.490. The van der Waals surface area contributed by atoms with Crippen LogP contribution in [-0.4, -0.2) is 26.9 Å². The summed E-state index contributed by atoms with van der Waals surface area (Å²) in [6.45, 7) is 0.0988. The van der Waals surface area contributed by atoms with Crippen LogP contribution in [0.3, 0.4) is 0 Å². The van der Waals surface area contributed by atoms with Crippen molar-refractivity contribution in [1.29, 1.82) is 0 Å². The molecule has 0 unspecified atom stereocenters. The van der Waals surface area contributed by atoms with Gasteiger partial charge in [-0.3, -0.25) is 5.10 Å². The Morgan fingerprint density at radius 1 is 1.67 bits per heavy atom. The van der Waals surface area contributed by atoms with Crippen molar-refractivity contribution in [2.75, 3.05) is 6.61 Å². The Morgan fingerprint density at radius 3 is 2.89 bits per heavy atom. The van der Waals surface area contributed by atoms with Crippen molar-refractivity contribution in [3.05, 3.63) is 10.6 Å². The number of nitrogens with one attached hydrogen (secondary N) is 1. The van der Waals surface area contributed by atoms with Crippen molar-refractivity contribution in [3.8, 4) is 0 Å². The Bertz CT molecular complexity index is 188. The Hall–Kier alpha value is -0.420. The molecule has 9 heavy (non-hydrogen) atoms. The minimum atomic E-state index is 0.0988. The van der Waals surface area contributed by atoms with E-state index in [0.717, 1.165) is 0 Å². The minimum absolute atomic E-state index is 0.0988. The molecule has 0 radical (unpaired) electrons. The predicted molar refractivity (Wildman–Crippen MR) is 34.9 cm³/mol. The zero-order valence-corrected chi connectivity index (χ0v) is 6.22. The Kier molecular flexibility index (Phi) is 2.18. The highest BCUT2D eigenvalue weighted by atomic mass is 79.9. The van der Waals surface area contributed by atoms with Crippen molar-refractivity contribution in [1.82, 2.24) is 15.2 Å². The first-order valence-electron chi connectivity index (χ1n) is 2.50.